The number of rotatable bonds is 5. The van der Waals surface area contributed by atoms with Gasteiger partial charge in [0, 0.05) is 37.4 Å². The van der Waals surface area contributed by atoms with Gasteiger partial charge in [0.15, 0.2) is 5.78 Å². The fraction of sp³-hybridized carbons (Fsp3) is 0.500. The number of ketones is 1. The zero-order chi connectivity index (χ0) is 14.5. The molecule has 1 aliphatic rings. The predicted octanol–water partition coefficient (Wildman–Crippen LogP) is 1.88. The fourth-order valence-corrected chi connectivity index (χ4v) is 2.55. The van der Waals surface area contributed by atoms with Crippen LogP contribution in [0.25, 0.3) is 0 Å². The SMILES string of the molecule is CC(O)C1CCN(C(=O)CCC(=O)c2ccccc2)C1. The predicted molar refractivity (Wildman–Crippen MR) is 76.4 cm³/mol. The Labute approximate surface area is 119 Å². The van der Waals surface area contributed by atoms with Gasteiger partial charge in [0.2, 0.25) is 5.91 Å². The van der Waals surface area contributed by atoms with Gasteiger partial charge in [0.1, 0.15) is 0 Å². The molecule has 4 nitrogen and oxygen atoms in total. The van der Waals surface area contributed by atoms with Crippen LogP contribution < -0.4 is 0 Å². The van der Waals surface area contributed by atoms with E-state index in [4.69, 9.17) is 0 Å². The zero-order valence-corrected chi connectivity index (χ0v) is 11.8. The summed E-state index contributed by atoms with van der Waals surface area (Å²) in [4.78, 5) is 25.7. The number of likely N-dealkylation sites (tertiary alicyclic amines) is 1. The summed E-state index contributed by atoms with van der Waals surface area (Å²) < 4.78 is 0. The van der Waals surface area contributed by atoms with Crippen LogP contribution in [0.2, 0.25) is 0 Å². The van der Waals surface area contributed by atoms with Crippen molar-refractivity contribution in [3.63, 3.8) is 0 Å². The molecule has 0 aliphatic carbocycles. The maximum absolute atomic E-state index is 12.0. The van der Waals surface area contributed by atoms with E-state index in [0.717, 1.165) is 6.42 Å². The van der Waals surface area contributed by atoms with Gasteiger partial charge < -0.3 is 10.0 Å². The van der Waals surface area contributed by atoms with Crippen molar-refractivity contribution < 1.29 is 14.7 Å². The largest absolute Gasteiger partial charge is 0.393 e. The van der Waals surface area contributed by atoms with E-state index in [9.17, 15) is 14.7 Å². The minimum absolute atomic E-state index is 0.00484. The van der Waals surface area contributed by atoms with Gasteiger partial charge in [-0.05, 0) is 13.3 Å². The van der Waals surface area contributed by atoms with E-state index in [1.807, 2.05) is 18.2 Å². The molecule has 1 aliphatic heterocycles. The molecule has 2 unspecified atom stereocenters. The van der Waals surface area contributed by atoms with Crippen LogP contribution in [0.1, 0.15) is 36.5 Å². The summed E-state index contributed by atoms with van der Waals surface area (Å²) in [5.41, 5.74) is 0.656. The fourth-order valence-electron chi connectivity index (χ4n) is 2.55. The van der Waals surface area contributed by atoms with Crippen molar-refractivity contribution in [2.75, 3.05) is 13.1 Å². The van der Waals surface area contributed by atoms with Gasteiger partial charge in [-0.25, -0.2) is 0 Å². The average molecular weight is 275 g/mol. The van der Waals surface area contributed by atoms with Crippen molar-refractivity contribution in [3.8, 4) is 0 Å². The smallest absolute Gasteiger partial charge is 0.223 e. The maximum Gasteiger partial charge on any atom is 0.223 e. The van der Waals surface area contributed by atoms with Crippen molar-refractivity contribution in [2.24, 2.45) is 5.92 Å². The Morgan fingerprint density at radius 3 is 2.60 bits per heavy atom. The molecule has 1 amide bonds. The number of hydrogen-bond acceptors (Lipinski definition) is 3. The number of nitrogens with zero attached hydrogens (tertiary/aromatic N) is 1. The average Bonchev–Trinajstić information content (AvgIpc) is 2.95. The van der Waals surface area contributed by atoms with Gasteiger partial charge in [-0.2, -0.15) is 0 Å². The van der Waals surface area contributed by atoms with E-state index >= 15 is 0 Å². The number of benzene rings is 1. The van der Waals surface area contributed by atoms with Crippen LogP contribution in [-0.2, 0) is 4.79 Å². The van der Waals surface area contributed by atoms with E-state index in [1.165, 1.54) is 0 Å². The van der Waals surface area contributed by atoms with Crippen molar-refractivity contribution in [2.45, 2.75) is 32.3 Å². The molecule has 2 atom stereocenters. The Morgan fingerprint density at radius 2 is 2.00 bits per heavy atom. The number of aliphatic hydroxyl groups excluding tert-OH is 1. The third kappa shape index (κ3) is 3.67. The van der Waals surface area contributed by atoms with E-state index in [-0.39, 0.29) is 36.6 Å². The monoisotopic (exact) mass is 275 g/mol. The molecule has 0 bridgehead atoms. The summed E-state index contributed by atoms with van der Waals surface area (Å²) in [6.07, 6.45) is 0.966. The molecule has 108 valence electrons. The number of aliphatic hydroxyl groups is 1. The van der Waals surface area contributed by atoms with E-state index in [0.29, 0.717) is 18.7 Å². The van der Waals surface area contributed by atoms with E-state index in [1.54, 1.807) is 24.0 Å². The van der Waals surface area contributed by atoms with Crippen LogP contribution in [0, 0.1) is 5.92 Å². The number of Topliss-reactive ketones (excluding diaryl/α,β-unsaturated/α-hetero) is 1. The van der Waals surface area contributed by atoms with Crippen molar-refractivity contribution in [3.05, 3.63) is 35.9 Å². The van der Waals surface area contributed by atoms with Crippen LogP contribution >= 0.6 is 0 Å². The molecular weight excluding hydrogens is 254 g/mol. The molecule has 1 N–H and O–H groups in total. The third-order valence-electron chi connectivity index (χ3n) is 3.92. The first-order valence-corrected chi connectivity index (χ1v) is 7.12. The summed E-state index contributed by atoms with van der Waals surface area (Å²) >= 11 is 0. The molecule has 1 aromatic carbocycles. The van der Waals surface area contributed by atoms with Gasteiger partial charge in [-0.1, -0.05) is 30.3 Å². The Balaban J connectivity index is 1.80. The highest BCUT2D eigenvalue weighted by molar-refractivity contribution is 5.97. The Morgan fingerprint density at radius 1 is 1.30 bits per heavy atom. The third-order valence-corrected chi connectivity index (χ3v) is 3.92. The lowest BCUT2D eigenvalue weighted by Crippen LogP contribution is -2.30. The van der Waals surface area contributed by atoms with Crippen LogP contribution in [0.3, 0.4) is 0 Å². The van der Waals surface area contributed by atoms with Crippen molar-refractivity contribution in [1.82, 2.24) is 4.90 Å². The molecule has 1 heterocycles. The number of carbonyl (C=O) groups is 2. The van der Waals surface area contributed by atoms with Crippen LogP contribution in [0.15, 0.2) is 30.3 Å². The lowest BCUT2D eigenvalue weighted by Gasteiger charge is -2.17. The molecule has 0 spiro atoms. The standard InChI is InChI=1S/C16H21NO3/c1-12(18)14-9-10-17(11-14)16(20)8-7-15(19)13-5-3-2-4-6-13/h2-6,12,14,18H,7-11H2,1H3. The Bertz CT molecular complexity index is 470. The van der Waals surface area contributed by atoms with Crippen molar-refractivity contribution >= 4 is 11.7 Å². The van der Waals surface area contributed by atoms with Gasteiger partial charge >= 0.3 is 0 Å². The second-order valence-corrected chi connectivity index (χ2v) is 5.42. The van der Waals surface area contributed by atoms with Crippen LogP contribution in [0.5, 0.6) is 0 Å². The quantitative estimate of drug-likeness (QED) is 0.835. The molecule has 4 heteroatoms. The molecule has 2 rings (SSSR count). The summed E-state index contributed by atoms with van der Waals surface area (Å²) in [5, 5.41) is 9.53. The Kier molecular flexibility index (Phi) is 4.90. The normalized spacial score (nSPS) is 19.9. The van der Waals surface area contributed by atoms with Gasteiger partial charge in [0.05, 0.1) is 6.10 Å². The zero-order valence-electron chi connectivity index (χ0n) is 11.8. The number of hydrogen-bond donors (Lipinski definition) is 1. The summed E-state index contributed by atoms with van der Waals surface area (Å²) in [7, 11) is 0. The number of amides is 1. The van der Waals surface area contributed by atoms with E-state index < -0.39 is 0 Å². The second kappa shape index (κ2) is 6.66. The molecule has 20 heavy (non-hydrogen) atoms. The molecule has 1 fully saturated rings. The van der Waals surface area contributed by atoms with Gasteiger partial charge in [-0.15, -0.1) is 0 Å². The summed E-state index contributed by atoms with van der Waals surface area (Å²) in [6.45, 7) is 3.06. The van der Waals surface area contributed by atoms with E-state index in [2.05, 4.69) is 0 Å². The number of carbonyl (C=O) groups excluding carboxylic acids is 2. The summed E-state index contributed by atoms with van der Waals surface area (Å²) in [6, 6.07) is 9.05. The minimum Gasteiger partial charge on any atom is -0.393 e. The van der Waals surface area contributed by atoms with Gasteiger partial charge in [-0.3, -0.25) is 9.59 Å². The van der Waals surface area contributed by atoms with Crippen LogP contribution in [-0.4, -0.2) is 40.9 Å². The molecule has 1 aromatic rings. The van der Waals surface area contributed by atoms with Crippen molar-refractivity contribution in [1.29, 1.82) is 0 Å². The molecule has 0 aromatic heterocycles. The first kappa shape index (κ1) is 14.7. The van der Waals surface area contributed by atoms with Crippen LogP contribution in [0.4, 0.5) is 0 Å². The molecule has 0 saturated carbocycles. The van der Waals surface area contributed by atoms with Gasteiger partial charge in [0.25, 0.3) is 0 Å². The lowest BCUT2D eigenvalue weighted by atomic mass is 10.0. The highest BCUT2D eigenvalue weighted by atomic mass is 16.3. The first-order chi connectivity index (χ1) is 9.58. The topological polar surface area (TPSA) is 57.6 Å². The molecule has 0 radical (unpaired) electrons. The highest BCUT2D eigenvalue weighted by Gasteiger charge is 2.28. The maximum atomic E-state index is 12.0. The highest BCUT2D eigenvalue weighted by Crippen LogP contribution is 2.20. The molecular formula is C16H21NO3. The Hall–Kier alpha value is -1.68. The summed E-state index contributed by atoms with van der Waals surface area (Å²) in [5.74, 6) is 0.187. The lowest BCUT2D eigenvalue weighted by molar-refractivity contribution is -0.130. The first-order valence-electron chi connectivity index (χ1n) is 7.12. The molecule has 1 saturated heterocycles. The minimum atomic E-state index is -0.376. The second-order valence-electron chi connectivity index (χ2n) is 5.42.